The molecule has 2 atom stereocenters. The highest BCUT2D eigenvalue weighted by molar-refractivity contribution is 6.03. The number of halogens is 2. The highest BCUT2D eigenvalue weighted by Crippen LogP contribution is 2.40. The zero-order chi connectivity index (χ0) is 31.7. The van der Waals surface area contributed by atoms with Crippen LogP contribution in [0.5, 0.6) is 0 Å². The second-order valence-electron chi connectivity index (χ2n) is 13.3. The Hall–Kier alpha value is -4.38. The number of nitriles is 1. The van der Waals surface area contributed by atoms with Gasteiger partial charge in [0.1, 0.15) is 22.8 Å². The van der Waals surface area contributed by atoms with Crippen LogP contribution in [0.15, 0.2) is 30.5 Å². The average molecular weight is 609 g/mol. The lowest BCUT2D eigenvalue weighted by atomic mass is 9.82. The first-order chi connectivity index (χ1) is 21.5. The standard InChI is InChI=1S/C35H34F2N6O2/c1-5-24-27(36)9-6-20-14-21(34(2,3)19-38)15-25(28(20)24)30-29(37)31-26(16-39-30)32(43-17-22-7-8-23(18-43)45-22)41-33(40-31)42-12-10-35(4,44)11-13-42/h1,6,9,14-16,22-23,44H,7-8,10-13,17-18H2,2-4H3/t22-,23+. The summed E-state index contributed by atoms with van der Waals surface area (Å²) >= 11 is 0. The van der Waals surface area contributed by atoms with Gasteiger partial charge in [-0.2, -0.15) is 10.2 Å². The number of anilines is 2. The van der Waals surface area contributed by atoms with Crippen molar-refractivity contribution in [2.24, 2.45) is 0 Å². The molecule has 2 aromatic heterocycles. The molecule has 2 aromatic carbocycles. The van der Waals surface area contributed by atoms with Crippen molar-refractivity contribution in [3.05, 3.63) is 53.2 Å². The quantitative estimate of drug-likeness (QED) is 0.298. The summed E-state index contributed by atoms with van der Waals surface area (Å²) in [7, 11) is 0. The maximum Gasteiger partial charge on any atom is 0.228 e. The summed E-state index contributed by atoms with van der Waals surface area (Å²) in [5.74, 6) is 2.12. The number of rotatable bonds is 4. The average Bonchev–Trinajstić information content (AvgIpc) is 3.37. The van der Waals surface area contributed by atoms with Crippen LogP contribution in [0.1, 0.15) is 57.6 Å². The first-order valence-corrected chi connectivity index (χ1v) is 15.4. The highest BCUT2D eigenvalue weighted by Gasteiger charge is 2.36. The highest BCUT2D eigenvalue weighted by atomic mass is 19.1. The predicted molar refractivity (Wildman–Crippen MR) is 169 cm³/mol. The monoisotopic (exact) mass is 608 g/mol. The SMILES string of the molecule is C#Cc1c(F)ccc2cc(C(C)(C)C#N)cc(-c3ncc4c(N5C[C@H]6CC[C@@H](C5)O6)nc(N5CCC(C)(O)CC5)nc4c3F)c12. The number of nitrogens with zero attached hydrogens (tertiary/aromatic N) is 6. The van der Waals surface area contributed by atoms with Crippen molar-refractivity contribution < 1.29 is 18.6 Å². The van der Waals surface area contributed by atoms with E-state index < -0.39 is 22.7 Å². The number of aromatic nitrogens is 3. The molecule has 5 heterocycles. The number of hydrogen-bond acceptors (Lipinski definition) is 8. The molecule has 0 radical (unpaired) electrons. The maximum absolute atomic E-state index is 17.0. The van der Waals surface area contributed by atoms with Crippen molar-refractivity contribution in [2.75, 3.05) is 36.0 Å². The fraction of sp³-hybridized carbons (Fsp3) is 0.429. The van der Waals surface area contributed by atoms with Crippen LogP contribution in [0.25, 0.3) is 32.9 Å². The van der Waals surface area contributed by atoms with E-state index in [0.29, 0.717) is 72.5 Å². The van der Waals surface area contributed by atoms with E-state index in [1.54, 1.807) is 38.2 Å². The van der Waals surface area contributed by atoms with Crippen LogP contribution >= 0.6 is 0 Å². The van der Waals surface area contributed by atoms with Crippen LogP contribution in [0.4, 0.5) is 20.5 Å². The minimum atomic E-state index is -0.922. The zero-order valence-corrected chi connectivity index (χ0v) is 25.6. The third-order valence-electron chi connectivity index (χ3n) is 9.59. The summed E-state index contributed by atoms with van der Waals surface area (Å²) in [5.41, 5.74) is -0.741. The molecule has 0 aliphatic carbocycles. The predicted octanol–water partition coefficient (Wildman–Crippen LogP) is 5.62. The van der Waals surface area contributed by atoms with Gasteiger partial charge >= 0.3 is 0 Å². The van der Waals surface area contributed by atoms with E-state index in [4.69, 9.17) is 21.1 Å². The number of benzene rings is 2. The van der Waals surface area contributed by atoms with E-state index in [-0.39, 0.29) is 34.5 Å². The lowest BCUT2D eigenvalue weighted by Crippen LogP contribution is -2.44. The van der Waals surface area contributed by atoms with Crippen molar-refractivity contribution in [3.63, 3.8) is 0 Å². The molecule has 0 unspecified atom stereocenters. The number of piperidine rings is 1. The third kappa shape index (κ3) is 5.03. The topological polar surface area (TPSA) is 98.4 Å². The van der Waals surface area contributed by atoms with Crippen molar-refractivity contribution >= 4 is 33.4 Å². The first kappa shape index (κ1) is 29.3. The van der Waals surface area contributed by atoms with Gasteiger partial charge in [-0.1, -0.05) is 12.0 Å². The molecule has 8 nitrogen and oxygen atoms in total. The largest absolute Gasteiger partial charge is 0.390 e. The van der Waals surface area contributed by atoms with E-state index >= 15 is 8.78 Å². The van der Waals surface area contributed by atoms with Crippen molar-refractivity contribution in [1.82, 2.24) is 15.0 Å². The van der Waals surface area contributed by atoms with Gasteiger partial charge in [-0.05, 0) is 75.6 Å². The molecule has 3 aliphatic heterocycles. The summed E-state index contributed by atoms with van der Waals surface area (Å²) in [6.07, 6.45) is 10.5. The minimum Gasteiger partial charge on any atom is -0.390 e. The van der Waals surface area contributed by atoms with Crippen LogP contribution in [-0.2, 0) is 10.2 Å². The summed E-state index contributed by atoms with van der Waals surface area (Å²) in [6.45, 7) is 7.65. The van der Waals surface area contributed by atoms with Crippen molar-refractivity contribution in [3.8, 4) is 29.7 Å². The fourth-order valence-corrected chi connectivity index (χ4v) is 6.77. The van der Waals surface area contributed by atoms with Gasteiger partial charge in [-0.15, -0.1) is 6.42 Å². The molecule has 230 valence electrons. The Balaban J connectivity index is 1.47. The number of pyridine rings is 1. The van der Waals surface area contributed by atoms with E-state index in [0.717, 1.165) is 12.8 Å². The number of terminal acetylenes is 1. The number of hydrogen-bond donors (Lipinski definition) is 1. The number of aliphatic hydroxyl groups is 1. The van der Waals surface area contributed by atoms with Crippen molar-refractivity contribution in [2.45, 2.75) is 69.7 Å². The van der Waals surface area contributed by atoms with Crippen LogP contribution in [0, 0.1) is 35.3 Å². The lowest BCUT2D eigenvalue weighted by Gasteiger charge is -2.37. The van der Waals surface area contributed by atoms with Gasteiger partial charge in [-0.25, -0.2) is 13.8 Å². The molecule has 3 aliphatic rings. The van der Waals surface area contributed by atoms with Crippen LogP contribution in [-0.4, -0.2) is 64.0 Å². The molecule has 4 aromatic rings. The minimum absolute atomic E-state index is 0.00154. The molecule has 45 heavy (non-hydrogen) atoms. The summed E-state index contributed by atoms with van der Waals surface area (Å²) in [4.78, 5) is 18.5. The van der Waals surface area contributed by atoms with Gasteiger partial charge in [0.2, 0.25) is 5.95 Å². The van der Waals surface area contributed by atoms with E-state index in [2.05, 4.69) is 21.9 Å². The second kappa shape index (κ2) is 10.6. The first-order valence-electron chi connectivity index (χ1n) is 15.4. The molecular weight excluding hydrogens is 574 g/mol. The normalized spacial score (nSPS) is 21.2. The summed E-state index contributed by atoms with van der Waals surface area (Å²) in [5, 5.41) is 21.9. The van der Waals surface area contributed by atoms with E-state index in [1.807, 2.05) is 11.8 Å². The van der Waals surface area contributed by atoms with Gasteiger partial charge in [0.25, 0.3) is 0 Å². The Labute approximate surface area is 260 Å². The van der Waals surface area contributed by atoms with Gasteiger partial charge in [0.05, 0.1) is 40.2 Å². The molecule has 3 fully saturated rings. The van der Waals surface area contributed by atoms with Crippen molar-refractivity contribution in [1.29, 1.82) is 5.26 Å². The van der Waals surface area contributed by atoms with Gasteiger partial charge in [0.15, 0.2) is 5.82 Å². The number of morpholine rings is 1. The molecule has 3 saturated heterocycles. The lowest BCUT2D eigenvalue weighted by molar-refractivity contribution is 0.0302. The smallest absolute Gasteiger partial charge is 0.228 e. The Morgan fingerprint density at radius 2 is 1.80 bits per heavy atom. The van der Waals surface area contributed by atoms with E-state index in [9.17, 15) is 10.4 Å². The van der Waals surface area contributed by atoms with Gasteiger partial charge < -0.3 is 19.6 Å². The molecule has 0 saturated carbocycles. The Kier molecular flexibility index (Phi) is 6.92. The van der Waals surface area contributed by atoms with Crippen LogP contribution < -0.4 is 9.80 Å². The summed E-state index contributed by atoms with van der Waals surface area (Å²) < 4.78 is 38.2. The van der Waals surface area contributed by atoms with Crippen LogP contribution in [0.2, 0.25) is 0 Å². The second-order valence-corrected chi connectivity index (χ2v) is 13.3. The Morgan fingerprint density at radius 3 is 2.47 bits per heavy atom. The molecule has 7 rings (SSSR count). The summed E-state index contributed by atoms with van der Waals surface area (Å²) in [6, 6.07) is 8.64. The maximum atomic E-state index is 17.0. The Bertz CT molecular complexity index is 1920. The van der Waals surface area contributed by atoms with Crippen LogP contribution in [0.3, 0.4) is 0 Å². The molecule has 0 amide bonds. The molecule has 2 bridgehead atoms. The molecular formula is C35H34F2N6O2. The number of fused-ring (bicyclic) bond motifs is 4. The molecule has 0 spiro atoms. The number of ether oxygens (including phenoxy) is 1. The van der Waals surface area contributed by atoms with Gasteiger partial charge in [0, 0.05) is 43.3 Å². The molecule has 1 N–H and O–H groups in total. The molecule has 10 heteroatoms. The third-order valence-corrected chi connectivity index (χ3v) is 9.59. The van der Waals surface area contributed by atoms with Gasteiger partial charge in [-0.3, -0.25) is 4.98 Å². The van der Waals surface area contributed by atoms with E-state index in [1.165, 1.54) is 6.07 Å². The fourth-order valence-electron chi connectivity index (χ4n) is 6.77. The Morgan fingerprint density at radius 1 is 1.09 bits per heavy atom. The zero-order valence-electron chi connectivity index (χ0n) is 25.6.